The summed E-state index contributed by atoms with van der Waals surface area (Å²) in [6.45, 7) is 1.85. The summed E-state index contributed by atoms with van der Waals surface area (Å²) in [4.78, 5) is 4.19. The number of nitrogens with one attached hydrogen (secondary N) is 1. The predicted molar refractivity (Wildman–Crippen MR) is 71.3 cm³/mol. The van der Waals surface area contributed by atoms with E-state index in [0.29, 0.717) is 24.9 Å². The van der Waals surface area contributed by atoms with E-state index < -0.39 is 0 Å². The SMILES string of the molecule is Nc1nc(CNc2ccc3c(c2)OCCO3)cs1. The minimum Gasteiger partial charge on any atom is -0.486 e. The summed E-state index contributed by atoms with van der Waals surface area (Å²) < 4.78 is 11.0. The zero-order chi connectivity index (χ0) is 12.4. The summed E-state index contributed by atoms with van der Waals surface area (Å²) in [7, 11) is 0. The molecule has 1 aliphatic rings. The molecule has 0 saturated heterocycles. The minimum atomic E-state index is 0.592. The van der Waals surface area contributed by atoms with Crippen LogP contribution in [0, 0.1) is 0 Å². The Hall–Kier alpha value is -1.95. The fraction of sp³-hybridized carbons (Fsp3) is 0.250. The van der Waals surface area contributed by atoms with Gasteiger partial charge < -0.3 is 20.5 Å². The van der Waals surface area contributed by atoms with Gasteiger partial charge in [-0.3, -0.25) is 0 Å². The first kappa shape index (κ1) is 11.2. The van der Waals surface area contributed by atoms with Gasteiger partial charge in [0, 0.05) is 17.1 Å². The highest BCUT2D eigenvalue weighted by Gasteiger charge is 2.11. The molecular formula is C12H13N3O2S. The zero-order valence-electron chi connectivity index (χ0n) is 9.68. The first-order valence-electron chi connectivity index (χ1n) is 5.65. The van der Waals surface area contributed by atoms with Gasteiger partial charge in [0.2, 0.25) is 0 Å². The highest BCUT2D eigenvalue weighted by Crippen LogP contribution is 2.32. The van der Waals surface area contributed by atoms with Gasteiger partial charge in [-0.15, -0.1) is 11.3 Å². The van der Waals surface area contributed by atoms with Gasteiger partial charge >= 0.3 is 0 Å². The van der Waals surface area contributed by atoms with E-state index in [1.165, 1.54) is 11.3 Å². The number of hydrogen-bond acceptors (Lipinski definition) is 6. The lowest BCUT2D eigenvalue weighted by Crippen LogP contribution is -2.15. The monoisotopic (exact) mass is 263 g/mol. The van der Waals surface area contributed by atoms with Crippen LogP contribution in [0.1, 0.15) is 5.69 Å². The summed E-state index contributed by atoms with van der Waals surface area (Å²) >= 11 is 1.44. The molecule has 2 aromatic rings. The molecule has 1 aromatic heterocycles. The number of thiazole rings is 1. The molecule has 5 nitrogen and oxygen atoms in total. The topological polar surface area (TPSA) is 69.4 Å². The smallest absolute Gasteiger partial charge is 0.180 e. The average Bonchev–Trinajstić information content (AvgIpc) is 2.82. The maximum atomic E-state index is 5.58. The Labute approximate surface area is 109 Å². The number of nitrogens with zero attached hydrogens (tertiary/aromatic N) is 1. The number of rotatable bonds is 3. The molecule has 0 unspecified atom stereocenters. The van der Waals surface area contributed by atoms with Crippen molar-refractivity contribution < 1.29 is 9.47 Å². The molecule has 6 heteroatoms. The van der Waals surface area contributed by atoms with Crippen LogP contribution in [0.2, 0.25) is 0 Å². The second-order valence-corrected chi connectivity index (χ2v) is 4.78. The molecule has 0 saturated carbocycles. The average molecular weight is 263 g/mol. The van der Waals surface area contributed by atoms with Gasteiger partial charge in [0.05, 0.1) is 12.2 Å². The number of aromatic nitrogens is 1. The molecule has 0 spiro atoms. The summed E-state index contributed by atoms with van der Waals surface area (Å²) in [5, 5.41) is 5.81. The molecule has 0 amide bonds. The van der Waals surface area contributed by atoms with Gasteiger partial charge in [-0.1, -0.05) is 0 Å². The standard InChI is InChI=1S/C12H13N3O2S/c13-12-15-9(7-18-12)6-14-8-1-2-10-11(5-8)17-4-3-16-10/h1-2,5,7,14H,3-4,6H2,(H2,13,15). The number of anilines is 2. The highest BCUT2D eigenvalue weighted by molar-refractivity contribution is 7.13. The summed E-state index contributed by atoms with van der Waals surface area (Å²) in [6, 6.07) is 5.81. The predicted octanol–water partition coefficient (Wildman–Crippen LogP) is 2.11. The molecule has 0 radical (unpaired) electrons. The lowest BCUT2D eigenvalue weighted by Gasteiger charge is -2.19. The number of ether oxygens (including phenoxy) is 2. The fourth-order valence-corrected chi connectivity index (χ4v) is 2.31. The first-order valence-corrected chi connectivity index (χ1v) is 6.52. The van der Waals surface area contributed by atoms with Gasteiger partial charge in [-0.05, 0) is 12.1 Å². The second kappa shape index (κ2) is 4.73. The molecule has 0 bridgehead atoms. The van der Waals surface area contributed by atoms with Gasteiger partial charge in [0.25, 0.3) is 0 Å². The van der Waals surface area contributed by atoms with E-state index in [1.54, 1.807) is 0 Å². The van der Waals surface area contributed by atoms with Crippen LogP contribution < -0.4 is 20.5 Å². The lowest BCUT2D eigenvalue weighted by atomic mass is 10.2. The molecule has 94 valence electrons. The van der Waals surface area contributed by atoms with Gasteiger partial charge in [0.15, 0.2) is 16.6 Å². The third kappa shape index (κ3) is 2.33. The third-order valence-corrected chi connectivity index (χ3v) is 3.31. The van der Waals surface area contributed by atoms with E-state index in [2.05, 4.69) is 10.3 Å². The fourth-order valence-electron chi connectivity index (χ4n) is 1.75. The maximum absolute atomic E-state index is 5.58. The molecule has 0 atom stereocenters. The Bertz CT molecular complexity index is 556. The summed E-state index contributed by atoms with van der Waals surface area (Å²) in [6.07, 6.45) is 0. The van der Waals surface area contributed by atoms with Crippen molar-refractivity contribution in [2.45, 2.75) is 6.54 Å². The van der Waals surface area contributed by atoms with Crippen molar-refractivity contribution in [3.63, 3.8) is 0 Å². The van der Waals surface area contributed by atoms with Crippen LogP contribution in [-0.2, 0) is 6.54 Å². The molecule has 2 heterocycles. The number of benzene rings is 1. The summed E-state index contributed by atoms with van der Waals surface area (Å²) in [5.41, 5.74) is 7.50. The van der Waals surface area contributed by atoms with Crippen LogP contribution >= 0.6 is 11.3 Å². The first-order chi connectivity index (χ1) is 8.81. The van der Waals surface area contributed by atoms with E-state index in [4.69, 9.17) is 15.2 Å². The molecule has 18 heavy (non-hydrogen) atoms. The van der Waals surface area contributed by atoms with E-state index >= 15 is 0 Å². The number of fused-ring (bicyclic) bond motifs is 1. The van der Waals surface area contributed by atoms with Crippen molar-refractivity contribution in [3.8, 4) is 11.5 Å². The molecule has 3 rings (SSSR count). The molecule has 3 N–H and O–H groups in total. The van der Waals surface area contributed by atoms with Crippen LogP contribution in [0.3, 0.4) is 0 Å². The molecule has 0 fully saturated rings. The summed E-state index contributed by atoms with van der Waals surface area (Å²) in [5.74, 6) is 1.58. The normalized spacial score (nSPS) is 13.3. The molecule has 1 aromatic carbocycles. The van der Waals surface area contributed by atoms with Crippen molar-refractivity contribution in [2.24, 2.45) is 0 Å². The van der Waals surface area contributed by atoms with Crippen LogP contribution in [0.15, 0.2) is 23.6 Å². The van der Waals surface area contributed by atoms with Crippen molar-refractivity contribution in [3.05, 3.63) is 29.3 Å². The van der Waals surface area contributed by atoms with Crippen molar-refractivity contribution in [1.29, 1.82) is 0 Å². The van der Waals surface area contributed by atoms with E-state index in [9.17, 15) is 0 Å². The largest absolute Gasteiger partial charge is 0.486 e. The minimum absolute atomic E-state index is 0.592. The van der Waals surface area contributed by atoms with Crippen LogP contribution in [0.25, 0.3) is 0 Å². The van der Waals surface area contributed by atoms with Crippen molar-refractivity contribution in [1.82, 2.24) is 4.98 Å². The van der Waals surface area contributed by atoms with E-state index in [0.717, 1.165) is 22.9 Å². The van der Waals surface area contributed by atoms with Crippen LogP contribution in [0.4, 0.5) is 10.8 Å². The van der Waals surface area contributed by atoms with Crippen LogP contribution in [-0.4, -0.2) is 18.2 Å². The quantitative estimate of drug-likeness (QED) is 0.887. The molecule has 0 aliphatic carbocycles. The lowest BCUT2D eigenvalue weighted by molar-refractivity contribution is 0.171. The Morgan fingerprint density at radius 1 is 1.28 bits per heavy atom. The zero-order valence-corrected chi connectivity index (χ0v) is 10.5. The van der Waals surface area contributed by atoms with Gasteiger partial charge in [-0.2, -0.15) is 0 Å². The number of nitrogen functional groups attached to an aromatic ring is 1. The molecule has 1 aliphatic heterocycles. The third-order valence-electron chi connectivity index (χ3n) is 2.59. The highest BCUT2D eigenvalue weighted by atomic mass is 32.1. The Morgan fingerprint density at radius 3 is 2.89 bits per heavy atom. The van der Waals surface area contributed by atoms with Crippen LogP contribution in [0.5, 0.6) is 11.5 Å². The van der Waals surface area contributed by atoms with Gasteiger partial charge in [-0.25, -0.2) is 4.98 Å². The number of hydrogen-bond donors (Lipinski definition) is 2. The second-order valence-electron chi connectivity index (χ2n) is 3.89. The number of nitrogens with two attached hydrogens (primary N) is 1. The Balaban J connectivity index is 1.69. The molecular weight excluding hydrogens is 250 g/mol. The van der Waals surface area contributed by atoms with Crippen molar-refractivity contribution >= 4 is 22.2 Å². The van der Waals surface area contributed by atoms with E-state index in [1.807, 2.05) is 23.6 Å². The van der Waals surface area contributed by atoms with E-state index in [-0.39, 0.29) is 0 Å². The Morgan fingerprint density at radius 2 is 2.11 bits per heavy atom. The van der Waals surface area contributed by atoms with Gasteiger partial charge in [0.1, 0.15) is 13.2 Å². The Kier molecular flexibility index (Phi) is 2.93. The maximum Gasteiger partial charge on any atom is 0.180 e. The van der Waals surface area contributed by atoms with Crippen molar-refractivity contribution in [2.75, 3.05) is 24.3 Å².